The first-order valence-electron chi connectivity index (χ1n) is 7.52. The number of ether oxygens (including phenoxy) is 1. The summed E-state index contributed by atoms with van der Waals surface area (Å²) >= 11 is 1.76. The van der Waals surface area contributed by atoms with E-state index in [9.17, 15) is 4.79 Å². The molecule has 1 amide bonds. The van der Waals surface area contributed by atoms with Crippen LogP contribution in [0, 0.1) is 6.92 Å². The molecule has 0 saturated carbocycles. The van der Waals surface area contributed by atoms with Crippen LogP contribution in [0.3, 0.4) is 0 Å². The molecule has 21 heavy (non-hydrogen) atoms. The first-order valence-corrected chi connectivity index (χ1v) is 8.51. The van der Waals surface area contributed by atoms with Gasteiger partial charge in [-0.2, -0.15) is 0 Å². The Bertz CT molecular complexity index is 430. The number of amides is 1. The minimum Gasteiger partial charge on any atom is -0.377 e. The molecule has 1 heterocycles. The molecule has 116 valence electrons. The smallest absolute Gasteiger partial charge is 0.233 e. The van der Waals surface area contributed by atoms with Gasteiger partial charge in [-0.1, -0.05) is 17.7 Å². The lowest BCUT2D eigenvalue weighted by atomic mass is 10.2. The van der Waals surface area contributed by atoms with Gasteiger partial charge in [-0.3, -0.25) is 4.79 Å². The highest BCUT2D eigenvalue weighted by atomic mass is 32.2. The van der Waals surface area contributed by atoms with Crippen molar-refractivity contribution in [3.8, 4) is 0 Å². The maximum atomic E-state index is 11.6. The fourth-order valence-corrected chi connectivity index (χ4v) is 2.98. The van der Waals surface area contributed by atoms with Crippen molar-refractivity contribution in [2.24, 2.45) is 0 Å². The van der Waals surface area contributed by atoms with Gasteiger partial charge in [-0.05, 0) is 31.9 Å². The number of hydrogen-bond acceptors (Lipinski definition) is 4. The Hall–Kier alpha value is -1.04. The number of hydrogen-bond donors (Lipinski definition) is 2. The van der Waals surface area contributed by atoms with E-state index in [1.807, 2.05) is 0 Å². The maximum absolute atomic E-state index is 11.6. The molecule has 0 radical (unpaired) electrons. The van der Waals surface area contributed by atoms with Crippen molar-refractivity contribution in [2.45, 2.75) is 30.8 Å². The Kier molecular flexibility index (Phi) is 7.06. The van der Waals surface area contributed by atoms with Crippen LogP contribution in [0.2, 0.25) is 0 Å². The van der Waals surface area contributed by atoms with E-state index in [-0.39, 0.29) is 12.0 Å². The molecule has 0 aliphatic carbocycles. The molecular weight excluding hydrogens is 284 g/mol. The van der Waals surface area contributed by atoms with E-state index in [0.29, 0.717) is 13.1 Å². The molecule has 1 aliphatic heterocycles. The maximum Gasteiger partial charge on any atom is 0.233 e. The van der Waals surface area contributed by atoms with Crippen LogP contribution in [-0.4, -0.2) is 44.0 Å². The second-order valence-electron chi connectivity index (χ2n) is 5.28. The molecule has 0 spiro atoms. The fourth-order valence-electron chi connectivity index (χ4n) is 2.21. The van der Waals surface area contributed by atoms with Gasteiger partial charge in [-0.25, -0.2) is 0 Å². The van der Waals surface area contributed by atoms with E-state index < -0.39 is 0 Å². The second-order valence-corrected chi connectivity index (χ2v) is 6.45. The summed E-state index contributed by atoms with van der Waals surface area (Å²) in [6.07, 6.45) is 2.52. The zero-order chi connectivity index (χ0) is 14.9. The van der Waals surface area contributed by atoms with Crippen molar-refractivity contribution >= 4 is 17.7 Å². The van der Waals surface area contributed by atoms with Crippen molar-refractivity contribution in [3.05, 3.63) is 29.8 Å². The summed E-state index contributed by atoms with van der Waals surface area (Å²) in [4.78, 5) is 12.9. The van der Waals surface area contributed by atoms with Crippen molar-refractivity contribution < 1.29 is 9.53 Å². The molecular formula is C16H24N2O2S. The third-order valence-electron chi connectivity index (χ3n) is 3.40. The van der Waals surface area contributed by atoms with Gasteiger partial charge in [0.25, 0.3) is 0 Å². The standard InChI is InChI=1S/C16H24N2O2S/c1-13-4-6-15(7-5-13)21-10-8-18-16(19)12-17-11-14-3-2-9-20-14/h4-7,14,17H,2-3,8-12H2,1H3,(H,18,19). The predicted molar refractivity (Wildman–Crippen MR) is 86.8 cm³/mol. The minimum absolute atomic E-state index is 0.0532. The van der Waals surface area contributed by atoms with Crippen molar-refractivity contribution in [2.75, 3.05) is 32.0 Å². The second kappa shape index (κ2) is 9.07. The highest BCUT2D eigenvalue weighted by Gasteiger charge is 2.14. The van der Waals surface area contributed by atoms with E-state index in [0.717, 1.165) is 31.7 Å². The van der Waals surface area contributed by atoms with Gasteiger partial charge in [0.05, 0.1) is 12.6 Å². The SMILES string of the molecule is Cc1ccc(SCCNC(=O)CNCC2CCCO2)cc1. The Morgan fingerprint density at radius 1 is 1.38 bits per heavy atom. The summed E-state index contributed by atoms with van der Waals surface area (Å²) < 4.78 is 5.49. The Morgan fingerprint density at radius 3 is 2.90 bits per heavy atom. The van der Waals surface area contributed by atoms with E-state index in [1.54, 1.807) is 11.8 Å². The van der Waals surface area contributed by atoms with Crippen LogP contribution in [-0.2, 0) is 9.53 Å². The van der Waals surface area contributed by atoms with Gasteiger partial charge in [0, 0.05) is 30.3 Å². The van der Waals surface area contributed by atoms with Gasteiger partial charge in [-0.15, -0.1) is 11.8 Å². The van der Waals surface area contributed by atoms with Crippen LogP contribution in [0.15, 0.2) is 29.2 Å². The van der Waals surface area contributed by atoms with E-state index in [1.165, 1.54) is 10.5 Å². The third-order valence-corrected chi connectivity index (χ3v) is 4.41. The molecule has 1 atom stereocenters. The van der Waals surface area contributed by atoms with E-state index >= 15 is 0 Å². The van der Waals surface area contributed by atoms with Crippen LogP contribution in [0.25, 0.3) is 0 Å². The average Bonchev–Trinajstić information content (AvgIpc) is 2.99. The van der Waals surface area contributed by atoms with Gasteiger partial charge < -0.3 is 15.4 Å². The summed E-state index contributed by atoms with van der Waals surface area (Å²) in [5.74, 6) is 0.943. The molecule has 1 saturated heterocycles. The summed E-state index contributed by atoms with van der Waals surface area (Å²) in [5, 5.41) is 6.07. The average molecular weight is 308 g/mol. The monoisotopic (exact) mass is 308 g/mol. The number of nitrogens with one attached hydrogen (secondary N) is 2. The molecule has 1 aromatic carbocycles. The summed E-state index contributed by atoms with van der Waals surface area (Å²) in [5.41, 5.74) is 1.27. The van der Waals surface area contributed by atoms with Gasteiger partial charge in [0.2, 0.25) is 5.91 Å². The van der Waals surface area contributed by atoms with Crippen LogP contribution >= 0.6 is 11.8 Å². The lowest BCUT2D eigenvalue weighted by molar-refractivity contribution is -0.120. The van der Waals surface area contributed by atoms with Gasteiger partial charge in [0.1, 0.15) is 0 Å². The lowest BCUT2D eigenvalue weighted by Crippen LogP contribution is -2.37. The first kappa shape index (κ1) is 16.3. The molecule has 1 fully saturated rings. The van der Waals surface area contributed by atoms with Crippen LogP contribution < -0.4 is 10.6 Å². The fraction of sp³-hybridized carbons (Fsp3) is 0.562. The number of carbonyl (C=O) groups excluding carboxylic acids is 1. The number of benzene rings is 1. The molecule has 0 bridgehead atoms. The number of aryl methyl sites for hydroxylation is 1. The van der Waals surface area contributed by atoms with Crippen molar-refractivity contribution in [3.63, 3.8) is 0 Å². The third kappa shape index (κ3) is 6.50. The lowest BCUT2D eigenvalue weighted by Gasteiger charge is -2.10. The molecule has 1 aliphatic rings. The summed E-state index contributed by atoms with van der Waals surface area (Å²) in [6.45, 7) is 4.77. The van der Waals surface area contributed by atoms with E-state index in [2.05, 4.69) is 41.8 Å². The minimum atomic E-state index is 0.0532. The van der Waals surface area contributed by atoms with Crippen LogP contribution in [0.5, 0.6) is 0 Å². The van der Waals surface area contributed by atoms with Crippen molar-refractivity contribution in [1.29, 1.82) is 0 Å². The quantitative estimate of drug-likeness (QED) is 0.569. The molecule has 0 aromatic heterocycles. The molecule has 1 unspecified atom stereocenters. The topological polar surface area (TPSA) is 50.4 Å². The summed E-state index contributed by atoms with van der Waals surface area (Å²) in [7, 11) is 0. The van der Waals surface area contributed by atoms with Crippen LogP contribution in [0.4, 0.5) is 0 Å². The van der Waals surface area contributed by atoms with Crippen LogP contribution in [0.1, 0.15) is 18.4 Å². The Labute approximate surface area is 131 Å². The summed E-state index contributed by atoms with van der Waals surface area (Å²) in [6, 6.07) is 8.45. The zero-order valence-corrected chi connectivity index (χ0v) is 13.4. The number of thioether (sulfide) groups is 1. The van der Waals surface area contributed by atoms with E-state index in [4.69, 9.17) is 4.74 Å². The Morgan fingerprint density at radius 2 is 2.19 bits per heavy atom. The van der Waals surface area contributed by atoms with Crippen molar-refractivity contribution in [1.82, 2.24) is 10.6 Å². The highest BCUT2D eigenvalue weighted by molar-refractivity contribution is 7.99. The molecule has 1 aromatic rings. The number of rotatable bonds is 8. The van der Waals surface area contributed by atoms with Gasteiger partial charge >= 0.3 is 0 Å². The predicted octanol–water partition coefficient (Wildman–Crippen LogP) is 1.97. The first-order chi connectivity index (χ1) is 10.2. The molecule has 2 rings (SSSR count). The normalized spacial score (nSPS) is 17.9. The molecule has 2 N–H and O–H groups in total. The molecule has 4 nitrogen and oxygen atoms in total. The Balaban J connectivity index is 1.49. The highest BCUT2D eigenvalue weighted by Crippen LogP contribution is 2.17. The zero-order valence-electron chi connectivity index (χ0n) is 12.6. The van der Waals surface area contributed by atoms with Gasteiger partial charge in [0.15, 0.2) is 0 Å². The largest absolute Gasteiger partial charge is 0.377 e. The molecule has 5 heteroatoms. The number of carbonyl (C=O) groups is 1.